The van der Waals surface area contributed by atoms with E-state index in [0.717, 1.165) is 18.4 Å². The molecule has 4 heteroatoms. The summed E-state index contributed by atoms with van der Waals surface area (Å²) in [6.07, 6.45) is 1.98. The summed E-state index contributed by atoms with van der Waals surface area (Å²) in [5.74, 6) is 0. The molecule has 1 aliphatic rings. The van der Waals surface area contributed by atoms with Crippen LogP contribution in [0, 0.1) is 0 Å². The van der Waals surface area contributed by atoms with Gasteiger partial charge in [0.05, 0.1) is 12.7 Å². The minimum Gasteiger partial charge on any atom is -0.453 e. The fourth-order valence-corrected chi connectivity index (χ4v) is 1.58. The lowest BCUT2D eigenvalue weighted by molar-refractivity contribution is 0.151. The lowest BCUT2D eigenvalue weighted by Crippen LogP contribution is -2.12. The molecule has 0 bridgehead atoms. The lowest BCUT2D eigenvalue weighted by Gasteiger charge is -2.08. The van der Waals surface area contributed by atoms with E-state index in [-0.39, 0.29) is 0 Å². The molecule has 0 aliphatic heterocycles. The van der Waals surface area contributed by atoms with Gasteiger partial charge in [-0.3, -0.25) is 5.32 Å². The second-order valence-electron chi connectivity index (χ2n) is 4.21. The third-order valence-corrected chi connectivity index (χ3v) is 2.75. The number of benzene rings is 1. The normalized spacial score (nSPS) is 16.6. The molecule has 1 aliphatic carbocycles. The zero-order valence-electron chi connectivity index (χ0n) is 9.19. The number of amides is 1. The van der Waals surface area contributed by atoms with E-state index >= 15 is 0 Å². The Bertz CT molecular complexity index is 382. The number of aliphatic hydroxyl groups is 1. The lowest BCUT2D eigenvalue weighted by atomic mass is 10.1. The fraction of sp³-hybridized carbons (Fsp3) is 0.417. The molecule has 1 saturated carbocycles. The van der Waals surface area contributed by atoms with Gasteiger partial charge in [-0.05, 0) is 30.5 Å². The molecule has 16 heavy (non-hydrogen) atoms. The summed E-state index contributed by atoms with van der Waals surface area (Å²) < 4.78 is 4.48. The Morgan fingerprint density at radius 3 is 2.56 bits per heavy atom. The van der Waals surface area contributed by atoms with E-state index in [1.54, 1.807) is 12.1 Å². The number of hydrogen-bond acceptors (Lipinski definition) is 3. The van der Waals surface area contributed by atoms with Crippen LogP contribution in [0.2, 0.25) is 0 Å². The van der Waals surface area contributed by atoms with Crippen LogP contribution in [-0.2, 0) is 11.2 Å². The van der Waals surface area contributed by atoms with Crippen molar-refractivity contribution in [1.29, 1.82) is 0 Å². The zero-order valence-corrected chi connectivity index (χ0v) is 9.19. The second kappa shape index (κ2) is 4.14. The number of carbonyl (C=O) groups excluding carboxylic acids is 1. The van der Waals surface area contributed by atoms with Crippen LogP contribution in [0.3, 0.4) is 0 Å². The minimum atomic E-state index is -0.478. The maximum Gasteiger partial charge on any atom is 0.411 e. The van der Waals surface area contributed by atoms with Gasteiger partial charge < -0.3 is 9.84 Å². The van der Waals surface area contributed by atoms with Crippen molar-refractivity contribution in [3.63, 3.8) is 0 Å². The molecule has 0 atom stereocenters. The van der Waals surface area contributed by atoms with Crippen molar-refractivity contribution in [2.75, 3.05) is 12.4 Å². The second-order valence-corrected chi connectivity index (χ2v) is 4.21. The summed E-state index contributed by atoms with van der Waals surface area (Å²) in [6.45, 7) is 0. The molecule has 2 rings (SSSR count). The summed E-state index contributed by atoms with van der Waals surface area (Å²) in [6, 6.07) is 7.42. The van der Waals surface area contributed by atoms with Crippen LogP contribution < -0.4 is 5.32 Å². The largest absolute Gasteiger partial charge is 0.453 e. The van der Waals surface area contributed by atoms with Crippen LogP contribution in [0.5, 0.6) is 0 Å². The van der Waals surface area contributed by atoms with Crippen molar-refractivity contribution in [2.24, 2.45) is 0 Å². The van der Waals surface area contributed by atoms with Gasteiger partial charge in [-0.1, -0.05) is 12.1 Å². The van der Waals surface area contributed by atoms with E-state index in [9.17, 15) is 9.90 Å². The van der Waals surface area contributed by atoms with E-state index in [4.69, 9.17) is 0 Å². The first-order chi connectivity index (χ1) is 7.61. The molecular weight excluding hydrogens is 206 g/mol. The van der Waals surface area contributed by atoms with Crippen molar-refractivity contribution in [2.45, 2.75) is 24.9 Å². The van der Waals surface area contributed by atoms with Gasteiger partial charge in [0.15, 0.2) is 0 Å². The molecule has 1 aromatic carbocycles. The molecule has 86 valence electrons. The third-order valence-electron chi connectivity index (χ3n) is 2.75. The summed E-state index contributed by atoms with van der Waals surface area (Å²) in [5.41, 5.74) is 1.30. The van der Waals surface area contributed by atoms with Gasteiger partial charge in [-0.25, -0.2) is 4.79 Å². The van der Waals surface area contributed by atoms with Gasteiger partial charge in [0.25, 0.3) is 0 Å². The first-order valence-electron chi connectivity index (χ1n) is 5.28. The number of methoxy groups -OCH3 is 1. The SMILES string of the molecule is COC(=O)Nc1ccc(CC2(O)CC2)cc1. The molecule has 0 radical (unpaired) electrons. The van der Waals surface area contributed by atoms with Crippen molar-refractivity contribution in [1.82, 2.24) is 0 Å². The van der Waals surface area contributed by atoms with Crippen LogP contribution in [0.15, 0.2) is 24.3 Å². The van der Waals surface area contributed by atoms with E-state index in [0.29, 0.717) is 12.1 Å². The average molecular weight is 221 g/mol. The minimum absolute atomic E-state index is 0.475. The summed E-state index contributed by atoms with van der Waals surface area (Å²) in [7, 11) is 1.33. The first-order valence-corrected chi connectivity index (χ1v) is 5.28. The van der Waals surface area contributed by atoms with Crippen molar-refractivity contribution >= 4 is 11.8 Å². The predicted octanol–water partition coefficient (Wildman–Crippen LogP) is 1.93. The zero-order chi connectivity index (χ0) is 11.6. The maximum atomic E-state index is 10.9. The number of anilines is 1. The fourth-order valence-electron chi connectivity index (χ4n) is 1.58. The average Bonchev–Trinajstić information content (AvgIpc) is 2.99. The molecule has 0 heterocycles. The van der Waals surface area contributed by atoms with E-state index in [1.165, 1.54) is 7.11 Å². The van der Waals surface area contributed by atoms with Crippen molar-refractivity contribution in [3.8, 4) is 0 Å². The van der Waals surface area contributed by atoms with Crippen LogP contribution in [0.25, 0.3) is 0 Å². The van der Waals surface area contributed by atoms with Gasteiger partial charge >= 0.3 is 6.09 Å². The molecule has 0 aromatic heterocycles. The number of ether oxygens (including phenoxy) is 1. The van der Waals surface area contributed by atoms with Crippen LogP contribution in [0.1, 0.15) is 18.4 Å². The Hall–Kier alpha value is -1.55. The van der Waals surface area contributed by atoms with Gasteiger partial charge in [-0.2, -0.15) is 0 Å². The number of hydrogen-bond donors (Lipinski definition) is 2. The van der Waals surface area contributed by atoms with Gasteiger partial charge in [-0.15, -0.1) is 0 Å². The Morgan fingerprint density at radius 1 is 1.44 bits per heavy atom. The number of nitrogens with one attached hydrogen (secondary N) is 1. The van der Waals surface area contributed by atoms with Gasteiger partial charge in [0.1, 0.15) is 0 Å². The Kier molecular flexibility index (Phi) is 2.83. The molecule has 4 nitrogen and oxygen atoms in total. The number of carbonyl (C=O) groups is 1. The Balaban J connectivity index is 1.96. The maximum absolute atomic E-state index is 10.9. The molecule has 0 spiro atoms. The third kappa shape index (κ3) is 2.73. The van der Waals surface area contributed by atoms with Crippen molar-refractivity contribution < 1.29 is 14.6 Å². The summed E-state index contributed by atoms with van der Waals surface area (Å²) in [5, 5.41) is 12.3. The van der Waals surface area contributed by atoms with Crippen LogP contribution in [0.4, 0.5) is 10.5 Å². The quantitative estimate of drug-likeness (QED) is 0.820. The van der Waals surface area contributed by atoms with Crippen molar-refractivity contribution in [3.05, 3.63) is 29.8 Å². The molecule has 1 aromatic rings. The van der Waals surface area contributed by atoms with Crippen LogP contribution in [-0.4, -0.2) is 23.9 Å². The van der Waals surface area contributed by atoms with E-state index in [2.05, 4.69) is 10.1 Å². The highest BCUT2D eigenvalue weighted by Gasteiger charge is 2.39. The molecule has 0 unspecified atom stereocenters. The molecule has 1 fully saturated rings. The standard InChI is InChI=1S/C12H15NO3/c1-16-11(14)13-10-4-2-9(3-5-10)8-12(15)6-7-12/h2-5,15H,6-8H2,1H3,(H,13,14). The monoisotopic (exact) mass is 221 g/mol. The summed E-state index contributed by atoms with van der Waals surface area (Å²) in [4.78, 5) is 10.9. The Morgan fingerprint density at radius 2 is 2.06 bits per heavy atom. The highest BCUT2D eigenvalue weighted by Crippen LogP contribution is 2.38. The molecule has 0 saturated heterocycles. The van der Waals surface area contributed by atoms with E-state index < -0.39 is 11.7 Å². The smallest absolute Gasteiger partial charge is 0.411 e. The Labute approximate surface area is 94.2 Å². The van der Waals surface area contributed by atoms with Gasteiger partial charge in [0, 0.05) is 12.1 Å². The van der Waals surface area contributed by atoms with Crippen LogP contribution >= 0.6 is 0 Å². The molecular formula is C12H15NO3. The topological polar surface area (TPSA) is 58.6 Å². The van der Waals surface area contributed by atoms with Gasteiger partial charge in [0.2, 0.25) is 0 Å². The highest BCUT2D eigenvalue weighted by molar-refractivity contribution is 5.84. The van der Waals surface area contributed by atoms with E-state index in [1.807, 2.05) is 12.1 Å². The number of rotatable bonds is 3. The predicted molar refractivity (Wildman–Crippen MR) is 60.4 cm³/mol. The molecule has 2 N–H and O–H groups in total. The summed E-state index contributed by atoms with van der Waals surface area (Å²) >= 11 is 0. The first kappa shape index (κ1) is 11.0. The highest BCUT2D eigenvalue weighted by atomic mass is 16.5. The molecule has 1 amide bonds.